The Bertz CT molecular complexity index is 730. The Morgan fingerprint density at radius 2 is 2.00 bits per heavy atom. The first kappa shape index (κ1) is 17.5. The van der Waals surface area contributed by atoms with E-state index in [1.54, 1.807) is 38.2 Å². The zero-order valence-electron chi connectivity index (χ0n) is 14.4. The van der Waals surface area contributed by atoms with Gasteiger partial charge < -0.3 is 23.9 Å². The zero-order chi connectivity index (χ0) is 18.0. The summed E-state index contributed by atoms with van der Waals surface area (Å²) in [5.41, 5.74) is 1.23. The average molecular weight is 347 g/mol. The summed E-state index contributed by atoms with van der Waals surface area (Å²) in [7, 11) is 3.16. The summed E-state index contributed by atoms with van der Waals surface area (Å²) in [4.78, 5) is 14.2. The number of ether oxygens (including phenoxy) is 2. The third-order valence-corrected chi connectivity index (χ3v) is 4.37. The number of aliphatic hydroxyl groups is 1. The molecule has 1 fully saturated rings. The van der Waals surface area contributed by atoms with Crippen LogP contribution in [0.3, 0.4) is 0 Å². The quantitative estimate of drug-likeness (QED) is 0.877. The highest BCUT2D eigenvalue weighted by atomic mass is 16.5. The van der Waals surface area contributed by atoms with E-state index >= 15 is 0 Å². The number of carbonyl (C=O) groups excluding carboxylic acids is 1. The fourth-order valence-electron chi connectivity index (χ4n) is 2.82. The minimum absolute atomic E-state index is 0.210. The number of amides is 1. The molecule has 0 spiro atoms. The van der Waals surface area contributed by atoms with Crippen LogP contribution >= 0.6 is 0 Å². The minimum Gasteiger partial charge on any atom is -0.421 e. The summed E-state index contributed by atoms with van der Waals surface area (Å²) in [6.07, 6.45) is -1.24. The lowest BCUT2D eigenvalue weighted by atomic mass is 10.0. The van der Waals surface area contributed by atoms with E-state index in [4.69, 9.17) is 13.9 Å². The molecule has 3 atom stereocenters. The molecule has 2 aromatic rings. The smallest absolute Gasteiger partial charge is 0.254 e. The van der Waals surface area contributed by atoms with Crippen molar-refractivity contribution in [3.63, 3.8) is 0 Å². The number of aryl methyl sites for hydroxylation is 1. The van der Waals surface area contributed by atoms with E-state index in [-0.39, 0.29) is 12.5 Å². The second-order valence-electron chi connectivity index (χ2n) is 5.99. The van der Waals surface area contributed by atoms with Crippen LogP contribution in [-0.4, -0.2) is 71.7 Å². The Balaban J connectivity index is 1.73. The van der Waals surface area contributed by atoms with Crippen LogP contribution in [0.1, 0.15) is 16.2 Å². The van der Waals surface area contributed by atoms with E-state index in [1.807, 2.05) is 0 Å². The molecule has 0 radical (unpaired) electrons. The Hall–Kier alpha value is -2.29. The third-order valence-electron chi connectivity index (χ3n) is 4.37. The molecule has 3 rings (SSSR count). The largest absolute Gasteiger partial charge is 0.421 e. The van der Waals surface area contributed by atoms with Crippen LogP contribution in [0.5, 0.6) is 0 Å². The van der Waals surface area contributed by atoms with Crippen LogP contribution in [-0.2, 0) is 9.47 Å². The van der Waals surface area contributed by atoms with Gasteiger partial charge in [0.15, 0.2) is 0 Å². The standard InChI is InChI=1S/C17H21N3O5/c1-10-18-19-16(25-10)11-4-6-12(7-5-11)17(22)20(2)13-8-24-9-14(23-3)15(13)21/h4-7,13-15,21H,8-9H2,1-3H3/t13-,14-,15+/m1/s1. The van der Waals surface area contributed by atoms with E-state index in [2.05, 4.69) is 10.2 Å². The maximum Gasteiger partial charge on any atom is 0.254 e. The molecule has 8 heteroatoms. The molecule has 134 valence electrons. The SMILES string of the molecule is CO[C@@H]1COC[C@@H](N(C)C(=O)c2ccc(-c3nnc(C)o3)cc2)[C@@H]1O. The van der Waals surface area contributed by atoms with Crippen LogP contribution in [0.2, 0.25) is 0 Å². The molecule has 1 aliphatic heterocycles. The van der Waals surface area contributed by atoms with Crippen LogP contribution in [0.15, 0.2) is 28.7 Å². The van der Waals surface area contributed by atoms with Crippen molar-refractivity contribution in [2.24, 2.45) is 0 Å². The molecule has 0 bridgehead atoms. The van der Waals surface area contributed by atoms with Gasteiger partial charge in [-0.2, -0.15) is 0 Å². The van der Waals surface area contributed by atoms with Crippen molar-refractivity contribution in [1.29, 1.82) is 0 Å². The van der Waals surface area contributed by atoms with Gasteiger partial charge in [-0.15, -0.1) is 10.2 Å². The minimum atomic E-state index is -0.798. The number of nitrogens with zero attached hydrogens (tertiary/aromatic N) is 3. The molecule has 25 heavy (non-hydrogen) atoms. The van der Waals surface area contributed by atoms with Crippen molar-refractivity contribution < 1.29 is 23.8 Å². The Kier molecular flexibility index (Phi) is 5.12. The molecule has 2 heterocycles. The number of aliphatic hydroxyl groups excluding tert-OH is 1. The molecule has 1 aromatic carbocycles. The van der Waals surface area contributed by atoms with Gasteiger partial charge in [-0.3, -0.25) is 4.79 Å². The lowest BCUT2D eigenvalue weighted by Crippen LogP contribution is -2.56. The number of hydrogen-bond acceptors (Lipinski definition) is 7. The van der Waals surface area contributed by atoms with E-state index in [0.29, 0.717) is 24.0 Å². The highest BCUT2D eigenvalue weighted by molar-refractivity contribution is 5.94. The molecule has 0 unspecified atom stereocenters. The number of benzene rings is 1. The van der Waals surface area contributed by atoms with E-state index in [0.717, 1.165) is 5.56 Å². The number of aromatic nitrogens is 2. The topological polar surface area (TPSA) is 97.9 Å². The molecule has 1 amide bonds. The first-order valence-corrected chi connectivity index (χ1v) is 7.97. The van der Waals surface area contributed by atoms with Crippen LogP contribution in [0.4, 0.5) is 0 Å². The van der Waals surface area contributed by atoms with Gasteiger partial charge in [-0.05, 0) is 24.3 Å². The first-order valence-electron chi connectivity index (χ1n) is 7.97. The predicted molar refractivity (Wildman–Crippen MR) is 88.0 cm³/mol. The average Bonchev–Trinajstić information content (AvgIpc) is 3.07. The number of likely N-dealkylation sites (N-methyl/N-ethyl adjacent to an activating group) is 1. The molecular weight excluding hydrogens is 326 g/mol. The van der Waals surface area contributed by atoms with Gasteiger partial charge in [0.1, 0.15) is 12.2 Å². The first-order chi connectivity index (χ1) is 12.0. The van der Waals surface area contributed by atoms with Crippen LogP contribution in [0, 0.1) is 6.92 Å². The van der Waals surface area contributed by atoms with Crippen molar-refractivity contribution in [3.8, 4) is 11.5 Å². The molecule has 0 saturated carbocycles. The molecule has 0 aliphatic carbocycles. The summed E-state index contributed by atoms with van der Waals surface area (Å²) in [6, 6.07) is 6.42. The molecule has 8 nitrogen and oxygen atoms in total. The van der Waals surface area contributed by atoms with Gasteiger partial charge in [0.2, 0.25) is 11.8 Å². The van der Waals surface area contributed by atoms with Crippen molar-refractivity contribution in [1.82, 2.24) is 15.1 Å². The van der Waals surface area contributed by atoms with E-state index in [1.165, 1.54) is 12.0 Å². The Labute approximate surface area is 145 Å². The van der Waals surface area contributed by atoms with E-state index in [9.17, 15) is 9.90 Å². The number of rotatable bonds is 4. The summed E-state index contributed by atoms with van der Waals surface area (Å²) >= 11 is 0. The van der Waals surface area contributed by atoms with Crippen molar-refractivity contribution >= 4 is 5.91 Å². The van der Waals surface area contributed by atoms with Crippen molar-refractivity contribution in [3.05, 3.63) is 35.7 Å². The monoisotopic (exact) mass is 347 g/mol. The van der Waals surface area contributed by atoms with Crippen LogP contribution < -0.4 is 0 Å². The van der Waals surface area contributed by atoms with Crippen molar-refractivity contribution in [2.45, 2.75) is 25.2 Å². The lowest BCUT2D eigenvalue weighted by molar-refractivity contribution is -0.135. The molecule has 1 saturated heterocycles. The maximum absolute atomic E-state index is 12.7. The van der Waals surface area contributed by atoms with Gasteiger partial charge in [0.05, 0.1) is 19.3 Å². The Morgan fingerprint density at radius 1 is 1.28 bits per heavy atom. The Morgan fingerprint density at radius 3 is 2.60 bits per heavy atom. The highest BCUT2D eigenvalue weighted by Gasteiger charge is 2.37. The third kappa shape index (κ3) is 3.55. The van der Waals surface area contributed by atoms with Gasteiger partial charge >= 0.3 is 0 Å². The zero-order valence-corrected chi connectivity index (χ0v) is 14.4. The molecule has 1 aliphatic rings. The predicted octanol–water partition coefficient (Wildman–Crippen LogP) is 0.892. The van der Waals surface area contributed by atoms with Gasteiger partial charge in [0.25, 0.3) is 5.91 Å². The molecule has 1 N–H and O–H groups in total. The number of carbonyl (C=O) groups is 1. The molecular formula is C17H21N3O5. The van der Waals surface area contributed by atoms with Gasteiger partial charge in [0, 0.05) is 32.2 Å². The van der Waals surface area contributed by atoms with Crippen LogP contribution in [0.25, 0.3) is 11.5 Å². The fraction of sp³-hybridized carbons (Fsp3) is 0.471. The summed E-state index contributed by atoms with van der Waals surface area (Å²) < 4.78 is 16.0. The number of hydrogen-bond donors (Lipinski definition) is 1. The summed E-state index contributed by atoms with van der Waals surface area (Å²) in [5.74, 6) is 0.676. The second kappa shape index (κ2) is 7.30. The highest BCUT2D eigenvalue weighted by Crippen LogP contribution is 2.21. The van der Waals surface area contributed by atoms with Gasteiger partial charge in [-0.25, -0.2) is 0 Å². The maximum atomic E-state index is 12.7. The van der Waals surface area contributed by atoms with Gasteiger partial charge in [-0.1, -0.05) is 0 Å². The normalized spacial score (nSPS) is 23.4. The summed E-state index contributed by atoms with van der Waals surface area (Å²) in [6.45, 7) is 2.30. The number of methoxy groups -OCH3 is 1. The van der Waals surface area contributed by atoms with Crippen molar-refractivity contribution in [2.75, 3.05) is 27.4 Å². The van der Waals surface area contributed by atoms with E-state index < -0.39 is 18.2 Å². The fourth-order valence-corrected chi connectivity index (χ4v) is 2.82. The second-order valence-corrected chi connectivity index (χ2v) is 5.99. The molecule has 1 aromatic heterocycles. The summed E-state index contributed by atoms with van der Waals surface area (Å²) in [5, 5.41) is 18.1. The lowest BCUT2D eigenvalue weighted by Gasteiger charge is -2.38.